The van der Waals surface area contributed by atoms with Crippen LogP contribution in [0.3, 0.4) is 0 Å². The van der Waals surface area contributed by atoms with E-state index in [1.54, 1.807) is 0 Å². The molecule has 3 aromatic carbocycles. The van der Waals surface area contributed by atoms with Crippen LogP contribution in [-0.2, 0) is 0 Å². The first-order valence-corrected chi connectivity index (χ1v) is 7.92. The quantitative estimate of drug-likeness (QED) is 0.534. The highest BCUT2D eigenvalue weighted by atomic mass is 16.3. The first kappa shape index (κ1) is 14.5. The molecule has 0 spiro atoms. The second-order valence-corrected chi connectivity index (χ2v) is 6.06. The van der Waals surface area contributed by atoms with Crippen molar-refractivity contribution >= 4 is 33.5 Å². The average Bonchev–Trinajstić information content (AvgIpc) is 2.95. The molecule has 1 aromatic heterocycles. The molecule has 3 heteroatoms. The van der Waals surface area contributed by atoms with E-state index in [1.807, 2.05) is 74.5 Å². The lowest BCUT2D eigenvalue weighted by Gasteiger charge is -2.07. The summed E-state index contributed by atoms with van der Waals surface area (Å²) < 4.78 is 5.86. The zero-order valence-corrected chi connectivity index (χ0v) is 13.6. The van der Waals surface area contributed by atoms with Gasteiger partial charge in [0.2, 0.25) is 0 Å². The molecule has 0 aliphatic heterocycles. The molecular formula is C21H17NO2. The Morgan fingerprint density at radius 1 is 0.833 bits per heavy atom. The summed E-state index contributed by atoms with van der Waals surface area (Å²) in [4.78, 5) is 12.4. The van der Waals surface area contributed by atoms with Gasteiger partial charge in [0.05, 0.1) is 0 Å². The van der Waals surface area contributed by atoms with E-state index in [4.69, 9.17) is 4.42 Å². The number of carbonyl (C=O) groups excluding carboxylic acids is 1. The fraction of sp³-hybridized carbons (Fsp3) is 0.0952. The third kappa shape index (κ3) is 2.44. The molecule has 1 heterocycles. The van der Waals surface area contributed by atoms with Gasteiger partial charge in [0.25, 0.3) is 5.91 Å². The molecule has 118 valence electrons. The molecule has 24 heavy (non-hydrogen) atoms. The highest BCUT2D eigenvalue weighted by Gasteiger charge is 2.10. The van der Waals surface area contributed by atoms with Crippen LogP contribution in [-0.4, -0.2) is 5.91 Å². The maximum atomic E-state index is 12.4. The zero-order valence-electron chi connectivity index (χ0n) is 13.6. The summed E-state index contributed by atoms with van der Waals surface area (Å²) in [6.45, 7) is 4.04. The monoisotopic (exact) mass is 315 g/mol. The Bertz CT molecular complexity index is 1080. The minimum Gasteiger partial charge on any atom is -0.456 e. The Hall–Kier alpha value is -3.07. The summed E-state index contributed by atoms with van der Waals surface area (Å²) >= 11 is 0. The number of anilines is 1. The topological polar surface area (TPSA) is 42.2 Å². The van der Waals surface area contributed by atoms with Crippen molar-refractivity contribution in [1.29, 1.82) is 0 Å². The van der Waals surface area contributed by atoms with Crippen molar-refractivity contribution in [2.24, 2.45) is 0 Å². The Labute approximate surface area is 139 Å². The first-order valence-electron chi connectivity index (χ1n) is 7.92. The fourth-order valence-corrected chi connectivity index (χ4v) is 2.89. The van der Waals surface area contributed by atoms with Crippen molar-refractivity contribution in [3.8, 4) is 0 Å². The molecule has 0 atom stereocenters. The molecule has 3 nitrogen and oxygen atoms in total. The van der Waals surface area contributed by atoms with Crippen LogP contribution in [0, 0.1) is 13.8 Å². The van der Waals surface area contributed by atoms with Crippen LogP contribution in [0.25, 0.3) is 21.9 Å². The van der Waals surface area contributed by atoms with Gasteiger partial charge in [-0.05, 0) is 55.3 Å². The van der Waals surface area contributed by atoms with Crippen molar-refractivity contribution in [3.63, 3.8) is 0 Å². The van der Waals surface area contributed by atoms with Crippen LogP contribution in [0.4, 0.5) is 5.69 Å². The predicted molar refractivity (Wildman–Crippen MR) is 97.6 cm³/mol. The molecule has 0 saturated heterocycles. The summed E-state index contributed by atoms with van der Waals surface area (Å²) in [5, 5.41) is 5.08. The Kier molecular flexibility index (Phi) is 3.35. The number of benzene rings is 3. The molecule has 4 aromatic rings. The van der Waals surface area contributed by atoms with Gasteiger partial charge in [0.1, 0.15) is 11.2 Å². The molecule has 4 rings (SSSR count). The summed E-state index contributed by atoms with van der Waals surface area (Å²) in [6, 6.07) is 19.4. The number of nitrogens with one attached hydrogen (secondary N) is 1. The number of furan rings is 1. The second-order valence-electron chi connectivity index (χ2n) is 6.06. The number of aryl methyl sites for hydroxylation is 2. The standard InChI is InChI=1S/C21H17NO2/c1-13-7-8-15(11-14(13)2)21(23)22-16-9-10-18-17-5-3-4-6-19(17)24-20(18)12-16/h3-12H,1-2H3,(H,22,23). The Balaban J connectivity index is 1.67. The largest absolute Gasteiger partial charge is 0.456 e. The van der Waals surface area contributed by atoms with Crippen LogP contribution in [0.2, 0.25) is 0 Å². The average molecular weight is 315 g/mol. The van der Waals surface area contributed by atoms with Gasteiger partial charge in [-0.1, -0.05) is 24.3 Å². The molecule has 0 radical (unpaired) electrons. The molecule has 0 aliphatic rings. The lowest BCUT2D eigenvalue weighted by molar-refractivity contribution is 0.102. The predicted octanol–water partition coefficient (Wildman–Crippen LogP) is 5.46. The lowest BCUT2D eigenvalue weighted by atomic mass is 10.1. The van der Waals surface area contributed by atoms with Crippen molar-refractivity contribution in [2.45, 2.75) is 13.8 Å². The summed E-state index contributed by atoms with van der Waals surface area (Å²) in [5.41, 5.74) is 5.29. The molecule has 0 saturated carbocycles. The van der Waals surface area contributed by atoms with Gasteiger partial charge < -0.3 is 9.73 Å². The normalized spacial score (nSPS) is 11.1. The molecule has 0 fully saturated rings. The molecule has 1 N–H and O–H groups in total. The van der Waals surface area contributed by atoms with E-state index in [2.05, 4.69) is 5.32 Å². The van der Waals surface area contributed by atoms with Gasteiger partial charge in [-0.3, -0.25) is 4.79 Å². The van der Waals surface area contributed by atoms with E-state index in [9.17, 15) is 4.79 Å². The molecule has 0 bridgehead atoms. The van der Waals surface area contributed by atoms with Gasteiger partial charge >= 0.3 is 0 Å². The Morgan fingerprint density at radius 2 is 1.62 bits per heavy atom. The summed E-state index contributed by atoms with van der Waals surface area (Å²) in [7, 11) is 0. The number of para-hydroxylation sites is 1. The van der Waals surface area contributed by atoms with Crippen LogP contribution < -0.4 is 5.32 Å². The van der Waals surface area contributed by atoms with Gasteiger partial charge in [0.15, 0.2) is 0 Å². The second kappa shape index (κ2) is 5.53. The minimum absolute atomic E-state index is 0.117. The third-order valence-corrected chi connectivity index (χ3v) is 4.41. The summed E-state index contributed by atoms with van der Waals surface area (Å²) in [6.07, 6.45) is 0. The molecule has 1 amide bonds. The fourth-order valence-electron chi connectivity index (χ4n) is 2.89. The maximum Gasteiger partial charge on any atom is 0.255 e. The van der Waals surface area contributed by atoms with Crippen molar-refractivity contribution in [3.05, 3.63) is 77.4 Å². The Morgan fingerprint density at radius 3 is 2.46 bits per heavy atom. The van der Waals surface area contributed by atoms with Crippen LogP contribution >= 0.6 is 0 Å². The highest BCUT2D eigenvalue weighted by Crippen LogP contribution is 2.30. The van der Waals surface area contributed by atoms with Crippen molar-refractivity contribution in [1.82, 2.24) is 0 Å². The van der Waals surface area contributed by atoms with Gasteiger partial charge in [0, 0.05) is 28.1 Å². The third-order valence-electron chi connectivity index (χ3n) is 4.41. The number of carbonyl (C=O) groups is 1. The molecule has 0 unspecified atom stereocenters. The van der Waals surface area contributed by atoms with Gasteiger partial charge in [-0.15, -0.1) is 0 Å². The van der Waals surface area contributed by atoms with E-state index in [-0.39, 0.29) is 5.91 Å². The van der Waals surface area contributed by atoms with Crippen molar-refractivity contribution in [2.75, 3.05) is 5.32 Å². The molecule has 0 aliphatic carbocycles. The van der Waals surface area contributed by atoms with Gasteiger partial charge in [-0.25, -0.2) is 0 Å². The number of rotatable bonds is 2. The van der Waals surface area contributed by atoms with E-state index in [1.165, 1.54) is 5.56 Å². The number of hydrogen-bond donors (Lipinski definition) is 1. The SMILES string of the molecule is Cc1ccc(C(=O)Nc2ccc3c(c2)oc2ccccc23)cc1C. The first-order chi connectivity index (χ1) is 11.6. The zero-order chi connectivity index (χ0) is 16.7. The lowest BCUT2D eigenvalue weighted by Crippen LogP contribution is -2.12. The highest BCUT2D eigenvalue weighted by molar-refractivity contribution is 6.08. The van der Waals surface area contributed by atoms with Crippen LogP contribution in [0.15, 0.2) is 65.1 Å². The van der Waals surface area contributed by atoms with E-state index in [0.29, 0.717) is 5.56 Å². The van der Waals surface area contributed by atoms with Crippen LogP contribution in [0.5, 0.6) is 0 Å². The minimum atomic E-state index is -0.117. The summed E-state index contributed by atoms with van der Waals surface area (Å²) in [5.74, 6) is -0.117. The smallest absolute Gasteiger partial charge is 0.255 e. The number of fused-ring (bicyclic) bond motifs is 3. The maximum absolute atomic E-state index is 12.4. The van der Waals surface area contributed by atoms with E-state index < -0.39 is 0 Å². The van der Waals surface area contributed by atoms with E-state index in [0.717, 1.165) is 33.2 Å². The van der Waals surface area contributed by atoms with Crippen molar-refractivity contribution < 1.29 is 9.21 Å². The molecular weight excluding hydrogens is 298 g/mol. The van der Waals surface area contributed by atoms with Gasteiger partial charge in [-0.2, -0.15) is 0 Å². The van der Waals surface area contributed by atoms with Crippen LogP contribution in [0.1, 0.15) is 21.5 Å². The van der Waals surface area contributed by atoms with E-state index >= 15 is 0 Å². The number of amides is 1. The number of hydrogen-bond acceptors (Lipinski definition) is 2.